The van der Waals surface area contributed by atoms with Crippen molar-refractivity contribution in [3.63, 3.8) is 0 Å². The number of carbonyl (C=O) groups is 7. The number of nitrogens with two attached hydrogens (primary N) is 1. The minimum Gasteiger partial charge on any atom is -0.480 e. The Morgan fingerprint density at radius 2 is 1.75 bits per heavy atom. The van der Waals surface area contributed by atoms with E-state index in [1.165, 1.54) is 24.3 Å². The van der Waals surface area contributed by atoms with Crippen LogP contribution in [0.25, 0.3) is 0 Å². The lowest BCUT2D eigenvalue weighted by molar-refractivity contribution is -0.192. The number of carboxylic acids is 2. The molecule has 4 rings (SSSR count). The Morgan fingerprint density at radius 1 is 1.15 bits per heavy atom. The summed E-state index contributed by atoms with van der Waals surface area (Å²) in [5.41, 5.74) is 1.28. The topological polar surface area (TPSA) is 220 Å². The minimum atomic E-state index is -2.44. The number of hydrogen-bond donors (Lipinski definition) is 4. The maximum atomic E-state index is 13.2. The molecule has 1 fully saturated rings. The third kappa shape index (κ3) is 4.26. The Morgan fingerprint density at radius 3 is 2.25 bits per heavy atom. The lowest BCUT2D eigenvalue weighted by Gasteiger charge is -2.55. The van der Waals surface area contributed by atoms with Crippen LogP contribution < -0.4 is 11.1 Å². The molecule has 2 heterocycles. The van der Waals surface area contributed by atoms with Crippen LogP contribution in [0.2, 0.25) is 0 Å². The van der Waals surface area contributed by atoms with E-state index in [2.05, 4.69) is 5.32 Å². The molecule has 0 spiro atoms. The number of fused-ring (bicyclic) bond motifs is 2. The Hall–Kier alpha value is -4.08. The van der Waals surface area contributed by atoms with E-state index in [1.807, 2.05) is 0 Å². The SMILES string of the molecule is CO[C@@]1(NC(=O)C(N)CCC2(C(=O)O)C(=O)c3ccccc3C2=O)C(=O)N2C(C(=O)O)=C(COC(C)=O)CS[C@H]21. The van der Waals surface area contributed by atoms with Crippen molar-refractivity contribution in [2.24, 2.45) is 11.1 Å². The number of aliphatic carboxylic acids is 2. The molecule has 0 aromatic heterocycles. The third-order valence-corrected chi connectivity index (χ3v) is 8.49. The molecule has 212 valence electrons. The van der Waals surface area contributed by atoms with Crippen LogP contribution in [-0.4, -0.2) is 93.0 Å². The molecule has 2 aliphatic heterocycles. The molecule has 1 saturated heterocycles. The van der Waals surface area contributed by atoms with Gasteiger partial charge in [-0.15, -0.1) is 11.8 Å². The van der Waals surface area contributed by atoms with Crippen molar-refractivity contribution < 1.29 is 53.2 Å². The number of nitrogens with one attached hydrogen (secondary N) is 1. The summed E-state index contributed by atoms with van der Waals surface area (Å²) in [7, 11) is 1.13. The number of thioether (sulfide) groups is 1. The number of carbonyl (C=O) groups excluding carboxylic acids is 5. The highest BCUT2D eigenvalue weighted by Crippen LogP contribution is 2.47. The summed E-state index contributed by atoms with van der Waals surface area (Å²) in [4.78, 5) is 88.4. The van der Waals surface area contributed by atoms with E-state index in [0.717, 1.165) is 30.7 Å². The summed E-state index contributed by atoms with van der Waals surface area (Å²) in [6, 6.07) is 4.23. The molecule has 1 aliphatic carbocycles. The highest BCUT2D eigenvalue weighted by molar-refractivity contribution is 8.00. The lowest BCUT2D eigenvalue weighted by atomic mass is 9.77. The summed E-state index contributed by atoms with van der Waals surface area (Å²) in [6.07, 6.45) is -0.987. The van der Waals surface area contributed by atoms with Crippen molar-refractivity contribution in [1.29, 1.82) is 0 Å². The average molecular weight is 576 g/mol. The first kappa shape index (κ1) is 28.9. The van der Waals surface area contributed by atoms with E-state index in [0.29, 0.717) is 0 Å². The number of carboxylic acid groups (broad SMARTS) is 2. The molecule has 40 heavy (non-hydrogen) atoms. The van der Waals surface area contributed by atoms with Gasteiger partial charge in [0.25, 0.3) is 11.6 Å². The molecule has 1 aromatic rings. The second-order valence-electron chi connectivity index (χ2n) is 9.36. The second kappa shape index (κ2) is 10.5. The predicted molar refractivity (Wildman–Crippen MR) is 135 cm³/mol. The Kier molecular flexibility index (Phi) is 7.58. The van der Waals surface area contributed by atoms with Gasteiger partial charge >= 0.3 is 17.9 Å². The second-order valence-corrected chi connectivity index (χ2v) is 10.4. The molecule has 15 heteroatoms. The number of benzene rings is 1. The lowest BCUT2D eigenvalue weighted by Crippen LogP contribution is -2.81. The number of esters is 1. The van der Waals surface area contributed by atoms with E-state index in [9.17, 15) is 43.8 Å². The number of nitrogens with zero attached hydrogens (tertiary/aromatic N) is 1. The van der Waals surface area contributed by atoms with Gasteiger partial charge in [0.2, 0.25) is 5.91 Å². The van der Waals surface area contributed by atoms with Gasteiger partial charge < -0.3 is 30.7 Å². The van der Waals surface area contributed by atoms with Crippen molar-refractivity contribution in [3.05, 3.63) is 46.7 Å². The minimum absolute atomic E-state index is 0.0314. The van der Waals surface area contributed by atoms with E-state index in [4.69, 9.17) is 15.2 Å². The van der Waals surface area contributed by atoms with Crippen molar-refractivity contribution in [3.8, 4) is 0 Å². The summed E-state index contributed by atoms with van der Waals surface area (Å²) in [5.74, 6) is -7.36. The number of rotatable bonds is 10. The summed E-state index contributed by atoms with van der Waals surface area (Å²) < 4.78 is 10.2. The zero-order chi connectivity index (χ0) is 29.6. The monoisotopic (exact) mass is 575 g/mol. The van der Waals surface area contributed by atoms with E-state index in [-0.39, 0.29) is 29.1 Å². The van der Waals surface area contributed by atoms with Crippen LogP contribution >= 0.6 is 11.8 Å². The molecule has 3 atom stereocenters. The Balaban J connectivity index is 1.50. The zero-order valence-electron chi connectivity index (χ0n) is 21.3. The van der Waals surface area contributed by atoms with Gasteiger partial charge in [-0.1, -0.05) is 24.3 Å². The molecule has 1 aromatic carbocycles. The van der Waals surface area contributed by atoms with Gasteiger partial charge in [-0.05, 0) is 12.8 Å². The van der Waals surface area contributed by atoms with Gasteiger partial charge in [0, 0.05) is 36.5 Å². The average Bonchev–Trinajstić information content (AvgIpc) is 3.14. The Labute approximate surface area is 230 Å². The molecule has 0 bridgehead atoms. The molecular formula is C25H25N3O11S. The number of methoxy groups -OCH3 is 1. The number of β-lactam (4-membered cyclic amide) rings is 1. The predicted octanol–water partition coefficient (Wildman–Crippen LogP) is -0.480. The van der Waals surface area contributed by atoms with Crippen LogP contribution in [0.1, 0.15) is 40.5 Å². The number of ether oxygens (including phenoxy) is 2. The fourth-order valence-corrected chi connectivity index (χ4v) is 6.41. The molecule has 5 N–H and O–H groups in total. The van der Waals surface area contributed by atoms with Gasteiger partial charge in [0.15, 0.2) is 17.0 Å². The van der Waals surface area contributed by atoms with E-state index < -0.39 is 82.4 Å². The fourth-order valence-electron chi connectivity index (χ4n) is 4.99. The van der Waals surface area contributed by atoms with Gasteiger partial charge in [0.1, 0.15) is 17.7 Å². The first-order valence-electron chi connectivity index (χ1n) is 11.9. The van der Waals surface area contributed by atoms with Gasteiger partial charge in [-0.25, -0.2) is 4.79 Å². The first-order valence-corrected chi connectivity index (χ1v) is 13.0. The maximum absolute atomic E-state index is 13.2. The highest BCUT2D eigenvalue weighted by atomic mass is 32.2. The zero-order valence-corrected chi connectivity index (χ0v) is 22.1. The molecular weight excluding hydrogens is 550 g/mol. The number of Topliss-reactive ketones (excluding diaryl/α,β-unsaturated/α-hetero) is 2. The van der Waals surface area contributed by atoms with Crippen molar-refractivity contribution in [1.82, 2.24) is 10.2 Å². The summed E-state index contributed by atoms with van der Waals surface area (Å²) in [6.45, 7) is 0.809. The molecule has 14 nitrogen and oxygen atoms in total. The van der Waals surface area contributed by atoms with Gasteiger partial charge in [-0.2, -0.15) is 0 Å². The smallest absolute Gasteiger partial charge is 0.352 e. The standard InChI is InChI=1S/C25H25N3O11S/c1-11(29)39-9-12-10-40-22-25(38-2,21(35)28(22)16(12)20(33)34)27-19(32)15(26)7-8-24(23(36)37)17(30)13-5-3-4-6-14(13)18(24)31/h3-6,15,22H,7-10,26H2,1-2H3,(H,27,32)(H,33,34)(H,36,37)/t15?,22-,25-/m0/s1. The first-order chi connectivity index (χ1) is 18.8. The van der Waals surface area contributed by atoms with Crippen molar-refractivity contribution in [2.45, 2.75) is 36.9 Å². The molecule has 0 radical (unpaired) electrons. The third-order valence-electron chi connectivity index (χ3n) is 7.12. The Bertz CT molecular complexity index is 1350. The van der Waals surface area contributed by atoms with Crippen LogP contribution in [0, 0.1) is 5.41 Å². The molecule has 1 unspecified atom stereocenters. The summed E-state index contributed by atoms with van der Waals surface area (Å²) in [5, 5.41) is 21.0. The van der Waals surface area contributed by atoms with Crippen LogP contribution in [0.4, 0.5) is 0 Å². The number of hydrogen-bond acceptors (Lipinski definition) is 11. The summed E-state index contributed by atoms with van der Waals surface area (Å²) >= 11 is 1.06. The largest absolute Gasteiger partial charge is 0.480 e. The van der Waals surface area contributed by atoms with Crippen LogP contribution in [0.15, 0.2) is 35.5 Å². The number of ketones is 2. The van der Waals surface area contributed by atoms with Crippen LogP contribution in [-0.2, 0) is 33.4 Å². The van der Waals surface area contributed by atoms with Crippen molar-refractivity contribution in [2.75, 3.05) is 19.5 Å². The molecule has 3 aliphatic rings. The van der Waals surface area contributed by atoms with Crippen molar-refractivity contribution >= 4 is 53.1 Å². The fraction of sp³-hybridized carbons (Fsp3) is 0.400. The normalized spacial score (nSPS) is 23.6. The molecule has 2 amide bonds. The van der Waals surface area contributed by atoms with Gasteiger partial charge in [-0.3, -0.25) is 33.7 Å². The van der Waals surface area contributed by atoms with Crippen LogP contribution in [0.5, 0.6) is 0 Å². The van der Waals surface area contributed by atoms with E-state index >= 15 is 0 Å². The van der Waals surface area contributed by atoms with Crippen LogP contribution in [0.3, 0.4) is 0 Å². The van der Waals surface area contributed by atoms with E-state index in [1.54, 1.807) is 0 Å². The quantitative estimate of drug-likeness (QED) is 0.120. The van der Waals surface area contributed by atoms with Gasteiger partial charge in [0.05, 0.1) is 6.04 Å². The highest BCUT2D eigenvalue weighted by Gasteiger charge is 2.67. The maximum Gasteiger partial charge on any atom is 0.352 e. The molecule has 0 saturated carbocycles. The number of amides is 2.